The lowest BCUT2D eigenvalue weighted by Gasteiger charge is -2.04. The van der Waals surface area contributed by atoms with Gasteiger partial charge in [0.1, 0.15) is 17.1 Å². The van der Waals surface area contributed by atoms with E-state index in [0.717, 1.165) is 0 Å². The fourth-order valence-corrected chi connectivity index (χ4v) is 1.83. The second kappa shape index (κ2) is 5.84. The number of phenols is 1. The summed E-state index contributed by atoms with van der Waals surface area (Å²) in [6.07, 6.45) is 0. The van der Waals surface area contributed by atoms with Crippen molar-refractivity contribution in [3.8, 4) is 5.75 Å². The zero-order valence-corrected chi connectivity index (χ0v) is 11.8. The van der Waals surface area contributed by atoms with E-state index in [1.54, 1.807) is 37.3 Å². The number of aliphatic imine (C=N–C) groups is 1. The zero-order valence-electron chi connectivity index (χ0n) is 11.1. The number of carbonyl (C=O) groups excluding carboxylic acids is 1. The average Bonchev–Trinajstić information content (AvgIpc) is 2.42. The Labute approximate surface area is 121 Å². The quantitative estimate of drug-likeness (QED) is 0.690. The van der Waals surface area contributed by atoms with Crippen LogP contribution in [0.5, 0.6) is 5.75 Å². The summed E-state index contributed by atoms with van der Waals surface area (Å²) >= 11 is 5.77. The van der Waals surface area contributed by atoms with Crippen LogP contribution in [-0.2, 0) is 0 Å². The lowest BCUT2D eigenvalue weighted by atomic mass is 10.2. The van der Waals surface area contributed by atoms with Crippen molar-refractivity contribution in [3.05, 3.63) is 52.8 Å². The fraction of sp³-hybridized carbons (Fsp3) is 0.133. The minimum absolute atomic E-state index is 0.000396. The molecule has 0 saturated carbocycles. The van der Waals surface area contributed by atoms with Crippen LogP contribution in [0, 0.1) is 0 Å². The third-order valence-corrected chi connectivity index (χ3v) is 2.94. The summed E-state index contributed by atoms with van der Waals surface area (Å²) < 4.78 is 0. The van der Waals surface area contributed by atoms with E-state index in [1.807, 2.05) is 0 Å². The number of pyridine rings is 1. The zero-order chi connectivity index (χ0) is 14.7. The van der Waals surface area contributed by atoms with Crippen molar-refractivity contribution in [2.24, 2.45) is 4.99 Å². The highest BCUT2D eigenvalue weighted by atomic mass is 35.5. The van der Waals surface area contributed by atoms with Gasteiger partial charge in [-0.25, -0.2) is 9.98 Å². The molecule has 0 saturated heterocycles. The lowest BCUT2D eigenvalue weighted by molar-refractivity contribution is 0.101. The molecular weight excluding hydrogens is 276 g/mol. The van der Waals surface area contributed by atoms with Crippen molar-refractivity contribution in [1.29, 1.82) is 0 Å². The van der Waals surface area contributed by atoms with Gasteiger partial charge in [-0.3, -0.25) is 4.79 Å². The van der Waals surface area contributed by atoms with Crippen LogP contribution in [0.15, 0.2) is 41.4 Å². The van der Waals surface area contributed by atoms with Gasteiger partial charge in [0.15, 0.2) is 5.78 Å². The molecule has 102 valence electrons. The number of hydrogen-bond acceptors (Lipinski definition) is 4. The standard InChI is InChI=1S/C15H13ClN2O2/c1-9(12-4-3-5-13(18-12)10(2)19)17-14-7-6-11(16)8-15(14)20/h3-8,20H,1-2H3/b17-9-. The first-order valence-corrected chi connectivity index (χ1v) is 6.37. The van der Waals surface area contributed by atoms with E-state index in [1.165, 1.54) is 13.0 Å². The van der Waals surface area contributed by atoms with Gasteiger partial charge in [0.05, 0.1) is 11.4 Å². The molecule has 1 aromatic heterocycles. The van der Waals surface area contributed by atoms with Crippen LogP contribution in [-0.4, -0.2) is 21.6 Å². The fourth-order valence-electron chi connectivity index (χ4n) is 1.66. The lowest BCUT2D eigenvalue weighted by Crippen LogP contribution is -2.04. The van der Waals surface area contributed by atoms with Gasteiger partial charge in [0, 0.05) is 18.0 Å². The smallest absolute Gasteiger partial charge is 0.178 e. The van der Waals surface area contributed by atoms with Gasteiger partial charge >= 0.3 is 0 Å². The van der Waals surface area contributed by atoms with E-state index < -0.39 is 0 Å². The van der Waals surface area contributed by atoms with Crippen LogP contribution >= 0.6 is 11.6 Å². The molecule has 20 heavy (non-hydrogen) atoms. The molecule has 1 N–H and O–H groups in total. The Hall–Kier alpha value is -2.20. The van der Waals surface area contributed by atoms with Crippen molar-refractivity contribution >= 4 is 28.8 Å². The normalized spacial score (nSPS) is 11.4. The number of aromatic nitrogens is 1. The molecule has 1 heterocycles. The van der Waals surface area contributed by atoms with Gasteiger partial charge in [-0.15, -0.1) is 0 Å². The molecule has 0 radical (unpaired) electrons. The Morgan fingerprint density at radius 1 is 1.20 bits per heavy atom. The molecule has 0 amide bonds. The van der Waals surface area contributed by atoms with Crippen LogP contribution in [0.3, 0.4) is 0 Å². The second-order valence-corrected chi connectivity index (χ2v) is 4.73. The van der Waals surface area contributed by atoms with Gasteiger partial charge in [-0.05, 0) is 31.2 Å². The van der Waals surface area contributed by atoms with Crippen molar-refractivity contribution < 1.29 is 9.90 Å². The maximum absolute atomic E-state index is 11.3. The van der Waals surface area contributed by atoms with E-state index in [2.05, 4.69) is 9.98 Å². The minimum Gasteiger partial charge on any atom is -0.506 e. The Kier molecular flexibility index (Phi) is 4.15. The summed E-state index contributed by atoms with van der Waals surface area (Å²) in [5, 5.41) is 10.2. The van der Waals surface area contributed by atoms with E-state index in [4.69, 9.17) is 11.6 Å². The number of benzene rings is 1. The molecule has 1 aromatic carbocycles. The summed E-state index contributed by atoms with van der Waals surface area (Å²) in [6, 6.07) is 9.85. The third kappa shape index (κ3) is 3.22. The maximum Gasteiger partial charge on any atom is 0.178 e. The van der Waals surface area contributed by atoms with Crippen LogP contribution in [0.2, 0.25) is 5.02 Å². The molecule has 0 spiro atoms. The van der Waals surface area contributed by atoms with E-state index >= 15 is 0 Å². The number of hydrogen-bond donors (Lipinski definition) is 1. The predicted molar refractivity (Wildman–Crippen MR) is 79.2 cm³/mol. The van der Waals surface area contributed by atoms with Crippen LogP contribution < -0.4 is 0 Å². The number of halogens is 1. The molecule has 0 aliphatic rings. The van der Waals surface area contributed by atoms with Gasteiger partial charge in [-0.1, -0.05) is 17.7 Å². The molecule has 0 fully saturated rings. The molecular formula is C15H13ClN2O2. The summed E-state index contributed by atoms with van der Waals surface area (Å²) in [5.41, 5.74) is 1.98. The molecule has 0 bridgehead atoms. The number of Topliss-reactive ketones (excluding diaryl/α,β-unsaturated/α-hetero) is 1. The monoisotopic (exact) mass is 288 g/mol. The molecule has 2 rings (SSSR count). The van der Waals surface area contributed by atoms with Gasteiger partial charge < -0.3 is 5.11 Å². The first kappa shape index (κ1) is 14.2. The molecule has 4 nitrogen and oxygen atoms in total. The molecule has 2 aromatic rings. The summed E-state index contributed by atoms with van der Waals surface area (Å²) in [4.78, 5) is 19.8. The van der Waals surface area contributed by atoms with Crippen LogP contribution in [0.4, 0.5) is 5.69 Å². The highest BCUT2D eigenvalue weighted by Gasteiger charge is 2.06. The van der Waals surface area contributed by atoms with Crippen LogP contribution in [0.25, 0.3) is 0 Å². The topological polar surface area (TPSA) is 62.5 Å². The Bertz CT molecular complexity index is 696. The summed E-state index contributed by atoms with van der Waals surface area (Å²) in [6.45, 7) is 3.23. The Balaban J connectivity index is 2.39. The second-order valence-electron chi connectivity index (χ2n) is 4.29. The third-order valence-electron chi connectivity index (χ3n) is 2.71. The highest BCUT2D eigenvalue weighted by molar-refractivity contribution is 6.30. The molecule has 0 atom stereocenters. The Morgan fingerprint density at radius 3 is 2.55 bits per heavy atom. The van der Waals surface area contributed by atoms with Crippen molar-refractivity contribution in [2.75, 3.05) is 0 Å². The van der Waals surface area contributed by atoms with E-state index in [-0.39, 0.29) is 11.5 Å². The number of nitrogens with zero attached hydrogens (tertiary/aromatic N) is 2. The average molecular weight is 289 g/mol. The number of phenolic OH excluding ortho intramolecular Hbond substituents is 1. The largest absolute Gasteiger partial charge is 0.506 e. The molecule has 0 aliphatic carbocycles. The Morgan fingerprint density at radius 2 is 1.90 bits per heavy atom. The predicted octanol–water partition coefficient (Wildman–Crippen LogP) is 3.78. The number of aromatic hydroxyl groups is 1. The number of ketones is 1. The molecule has 0 unspecified atom stereocenters. The summed E-state index contributed by atoms with van der Waals surface area (Å²) in [7, 11) is 0. The molecule has 0 aliphatic heterocycles. The van der Waals surface area contributed by atoms with E-state index in [9.17, 15) is 9.90 Å². The van der Waals surface area contributed by atoms with Crippen LogP contribution in [0.1, 0.15) is 30.0 Å². The number of carbonyl (C=O) groups is 1. The minimum atomic E-state index is -0.103. The number of rotatable bonds is 3. The maximum atomic E-state index is 11.3. The summed E-state index contributed by atoms with van der Waals surface area (Å²) in [5.74, 6) is -0.103. The SMILES string of the molecule is CC(=O)c1cccc(/C(C)=N\c2ccc(Cl)cc2O)n1. The first-order chi connectivity index (χ1) is 9.47. The van der Waals surface area contributed by atoms with E-state index in [0.29, 0.717) is 27.8 Å². The van der Waals surface area contributed by atoms with Gasteiger partial charge in [-0.2, -0.15) is 0 Å². The highest BCUT2D eigenvalue weighted by Crippen LogP contribution is 2.29. The van der Waals surface area contributed by atoms with Crippen molar-refractivity contribution in [2.45, 2.75) is 13.8 Å². The first-order valence-electron chi connectivity index (χ1n) is 5.99. The molecule has 5 heteroatoms. The van der Waals surface area contributed by atoms with Gasteiger partial charge in [0.2, 0.25) is 0 Å². The van der Waals surface area contributed by atoms with Gasteiger partial charge in [0.25, 0.3) is 0 Å². The van der Waals surface area contributed by atoms with Crippen molar-refractivity contribution in [1.82, 2.24) is 4.98 Å². The van der Waals surface area contributed by atoms with Crippen molar-refractivity contribution in [3.63, 3.8) is 0 Å².